The lowest BCUT2D eigenvalue weighted by Crippen LogP contribution is -2.24. The largest absolute Gasteiger partial charge is 0.481 e. The minimum atomic E-state index is -0.702. The normalized spacial score (nSPS) is 28.3. The lowest BCUT2D eigenvalue weighted by Gasteiger charge is -2.14. The molecule has 0 bridgehead atoms. The van der Waals surface area contributed by atoms with E-state index in [2.05, 4.69) is 9.97 Å². The first-order valence-corrected chi connectivity index (χ1v) is 5.26. The van der Waals surface area contributed by atoms with Crippen molar-refractivity contribution in [2.45, 2.75) is 24.7 Å². The van der Waals surface area contributed by atoms with Gasteiger partial charge in [-0.2, -0.15) is 4.98 Å². The van der Waals surface area contributed by atoms with Crippen LogP contribution in [0.4, 0.5) is 5.95 Å². The fourth-order valence-electron chi connectivity index (χ4n) is 1.87. The minimum absolute atomic E-state index is 0.114. The zero-order chi connectivity index (χ0) is 12.4. The molecule has 94 valence electrons. The molecule has 0 amide bonds. The molecule has 1 aliphatic rings. The first-order chi connectivity index (χ1) is 8.15. The van der Waals surface area contributed by atoms with Crippen LogP contribution in [0.2, 0.25) is 0 Å². The number of aromatic nitrogens is 2. The Morgan fingerprint density at radius 3 is 3.00 bits per heavy atom. The third-order valence-corrected chi connectivity index (χ3v) is 2.74. The standard InChI is InChI=1S/C10H15N3O4/c1-16-9-5(3-12-10(11)13-9)7-2-6(15)8(4-14)17-7/h3,6-8,14-15H,2,4H2,1H3,(H2,11,12,13)/t6-,7+,8+/m0/s1. The van der Waals surface area contributed by atoms with Crippen LogP contribution in [0.3, 0.4) is 0 Å². The number of nitrogen functional groups attached to an aromatic ring is 1. The molecule has 2 rings (SSSR count). The second-order valence-electron chi connectivity index (χ2n) is 3.84. The van der Waals surface area contributed by atoms with Crippen LogP contribution in [0.5, 0.6) is 5.88 Å². The molecule has 3 atom stereocenters. The van der Waals surface area contributed by atoms with Gasteiger partial charge in [-0.15, -0.1) is 0 Å². The van der Waals surface area contributed by atoms with E-state index in [9.17, 15) is 5.11 Å². The number of aliphatic hydroxyl groups is 2. The molecule has 1 aliphatic heterocycles. The van der Waals surface area contributed by atoms with E-state index in [1.807, 2.05) is 0 Å². The van der Waals surface area contributed by atoms with Crippen molar-refractivity contribution in [2.24, 2.45) is 0 Å². The number of nitrogens with two attached hydrogens (primary N) is 1. The van der Waals surface area contributed by atoms with Gasteiger partial charge >= 0.3 is 0 Å². The molecule has 0 radical (unpaired) electrons. The van der Waals surface area contributed by atoms with Crippen molar-refractivity contribution >= 4 is 5.95 Å². The van der Waals surface area contributed by atoms with Crippen LogP contribution < -0.4 is 10.5 Å². The summed E-state index contributed by atoms with van der Waals surface area (Å²) >= 11 is 0. The van der Waals surface area contributed by atoms with Gasteiger partial charge < -0.3 is 25.4 Å². The Labute approximate surface area is 98.2 Å². The molecular formula is C10H15N3O4. The maximum atomic E-state index is 9.65. The number of nitrogens with zero attached hydrogens (tertiary/aromatic N) is 2. The molecular weight excluding hydrogens is 226 g/mol. The van der Waals surface area contributed by atoms with Crippen LogP contribution in [0.15, 0.2) is 6.20 Å². The van der Waals surface area contributed by atoms with Crippen molar-refractivity contribution in [3.05, 3.63) is 11.8 Å². The van der Waals surface area contributed by atoms with Crippen LogP contribution in [0.1, 0.15) is 18.1 Å². The van der Waals surface area contributed by atoms with E-state index in [0.29, 0.717) is 17.9 Å². The number of ether oxygens (including phenoxy) is 2. The Balaban J connectivity index is 2.23. The number of rotatable bonds is 3. The molecule has 4 N–H and O–H groups in total. The minimum Gasteiger partial charge on any atom is -0.481 e. The molecule has 1 saturated heterocycles. The van der Waals surface area contributed by atoms with Gasteiger partial charge in [0, 0.05) is 12.6 Å². The van der Waals surface area contributed by atoms with Crippen molar-refractivity contribution in [1.82, 2.24) is 9.97 Å². The highest BCUT2D eigenvalue weighted by Gasteiger charge is 2.36. The van der Waals surface area contributed by atoms with Crippen LogP contribution in [0.25, 0.3) is 0 Å². The van der Waals surface area contributed by atoms with Gasteiger partial charge in [-0.05, 0) is 0 Å². The number of aliphatic hydroxyl groups excluding tert-OH is 2. The summed E-state index contributed by atoms with van der Waals surface area (Å²) in [6.45, 7) is -0.226. The van der Waals surface area contributed by atoms with Gasteiger partial charge in [0.2, 0.25) is 11.8 Å². The summed E-state index contributed by atoms with van der Waals surface area (Å²) in [7, 11) is 1.47. The summed E-state index contributed by atoms with van der Waals surface area (Å²) in [6.07, 6.45) is 0.208. The molecule has 1 aromatic rings. The smallest absolute Gasteiger partial charge is 0.223 e. The molecule has 0 spiro atoms. The Kier molecular flexibility index (Phi) is 3.41. The Morgan fingerprint density at radius 1 is 1.65 bits per heavy atom. The van der Waals surface area contributed by atoms with E-state index in [1.165, 1.54) is 13.3 Å². The van der Waals surface area contributed by atoms with Crippen molar-refractivity contribution in [3.63, 3.8) is 0 Å². The summed E-state index contributed by atoms with van der Waals surface area (Å²) in [5.74, 6) is 0.441. The van der Waals surface area contributed by atoms with Crippen molar-refractivity contribution in [3.8, 4) is 5.88 Å². The molecule has 0 aromatic carbocycles. The maximum absolute atomic E-state index is 9.65. The van der Waals surface area contributed by atoms with Crippen molar-refractivity contribution in [2.75, 3.05) is 19.5 Å². The van der Waals surface area contributed by atoms with Crippen LogP contribution >= 0.6 is 0 Å². The van der Waals surface area contributed by atoms with E-state index in [1.54, 1.807) is 0 Å². The van der Waals surface area contributed by atoms with Gasteiger partial charge in [0.05, 0.1) is 31.5 Å². The lowest BCUT2D eigenvalue weighted by atomic mass is 10.1. The summed E-state index contributed by atoms with van der Waals surface area (Å²) in [4.78, 5) is 7.80. The van der Waals surface area contributed by atoms with Crippen LogP contribution in [-0.4, -0.2) is 46.1 Å². The van der Waals surface area contributed by atoms with Gasteiger partial charge in [-0.3, -0.25) is 0 Å². The summed E-state index contributed by atoms with van der Waals surface area (Å²) in [5.41, 5.74) is 6.07. The summed E-state index contributed by atoms with van der Waals surface area (Å²) in [6, 6.07) is 0. The van der Waals surface area contributed by atoms with Crippen LogP contribution in [-0.2, 0) is 4.74 Å². The van der Waals surface area contributed by atoms with Crippen molar-refractivity contribution in [1.29, 1.82) is 0 Å². The molecule has 1 aromatic heterocycles. The first-order valence-electron chi connectivity index (χ1n) is 5.26. The van der Waals surface area contributed by atoms with E-state index in [-0.39, 0.29) is 12.6 Å². The second kappa shape index (κ2) is 4.82. The Bertz CT molecular complexity index is 401. The summed E-state index contributed by atoms with van der Waals surface area (Å²) in [5, 5.41) is 18.7. The van der Waals surface area contributed by atoms with Crippen molar-refractivity contribution < 1.29 is 19.7 Å². The fourth-order valence-corrected chi connectivity index (χ4v) is 1.87. The van der Waals surface area contributed by atoms with E-state index < -0.39 is 18.3 Å². The van der Waals surface area contributed by atoms with Gasteiger partial charge in [0.1, 0.15) is 6.10 Å². The quantitative estimate of drug-likeness (QED) is 0.638. The number of anilines is 1. The zero-order valence-electron chi connectivity index (χ0n) is 9.41. The van der Waals surface area contributed by atoms with Gasteiger partial charge in [0.25, 0.3) is 0 Å². The van der Waals surface area contributed by atoms with Gasteiger partial charge in [0.15, 0.2) is 0 Å². The third-order valence-electron chi connectivity index (χ3n) is 2.74. The average Bonchev–Trinajstić information content (AvgIpc) is 2.70. The monoisotopic (exact) mass is 241 g/mol. The molecule has 7 heteroatoms. The predicted octanol–water partition coefficient (Wildman–Crippen LogP) is -0.749. The molecule has 0 unspecified atom stereocenters. The highest BCUT2D eigenvalue weighted by Crippen LogP contribution is 2.36. The molecule has 7 nitrogen and oxygen atoms in total. The number of methoxy groups -OCH3 is 1. The van der Waals surface area contributed by atoms with E-state index in [0.717, 1.165) is 0 Å². The molecule has 1 fully saturated rings. The third kappa shape index (κ3) is 2.31. The predicted molar refractivity (Wildman–Crippen MR) is 58.3 cm³/mol. The number of hydrogen-bond donors (Lipinski definition) is 3. The fraction of sp³-hybridized carbons (Fsp3) is 0.600. The second-order valence-corrected chi connectivity index (χ2v) is 3.84. The SMILES string of the molecule is COc1nc(N)ncc1[C@H]1C[C@H](O)[C@@H](CO)O1. The topological polar surface area (TPSA) is 111 Å². The van der Waals surface area contributed by atoms with E-state index in [4.69, 9.17) is 20.3 Å². The van der Waals surface area contributed by atoms with Gasteiger partial charge in [-0.25, -0.2) is 4.98 Å². The van der Waals surface area contributed by atoms with Crippen LogP contribution in [0, 0.1) is 0 Å². The van der Waals surface area contributed by atoms with Gasteiger partial charge in [-0.1, -0.05) is 0 Å². The Hall–Kier alpha value is -1.44. The highest BCUT2D eigenvalue weighted by molar-refractivity contribution is 5.32. The summed E-state index contributed by atoms with van der Waals surface area (Å²) < 4.78 is 10.6. The number of hydrogen-bond acceptors (Lipinski definition) is 7. The molecule has 0 aliphatic carbocycles. The lowest BCUT2D eigenvalue weighted by molar-refractivity contribution is -0.0232. The molecule has 17 heavy (non-hydrogen) atoms. The maximum Gasteiger partial charge on any atom is 0.223 e. The molecule has 2 heterocycles. The molecule has 0 saturated carbocycles. The first kappa shape index (κ1) is 12.0. The zero-order valence-corrected chi connectivity index (χ0v) is 9.41. The average molecular weight is 241 g/mol. The van der Waals surface area contributed by atoms with E-state index >= 15 is 0 Å². The Morgan fingerprint density at radius 2 is 2.41 bits per heavy atom. The highest BCUT2D eigenvalue weighted by atomic mass is 16.5.